The maximum Gasteiger partial charge on any atom is 0.265 e. The van der Waals surface area contributed by atoms with E-state index >= 15 is 0 Å². The lowest BCUT2D eigenvalue weighted by atomic mass is 10.2. The van der Waals surface area contributed by atoms with Gasteiger partial charge in [0, 0.05) is 6.20 Å². The maximum absolute atomic E-state index is 12.3. The molecule has 0 atom stereocenters. The van der Waals surface area contributed by atoms with E-state index in [1.165, 1.54) is 23.3 Å². The molecule has 0 aliphatic rings. The SMILES string of the molecule is Cc1ccc(-n2cc(S(=O)(=O)Nc3cccnc3)cn2)cc1. The van der Waals surface area contributed by atoms with Gasteiger partial charge in [0.05, 0.1) is 30.0 Å². The molecule has 0 unspecified atom stereocenters. The Morgan fingerprint density at radius 3 is 2.55 bits per heavy atom. The number of nitrogens with one attached hydrogen (secondary N) is 1. The van der Waals surface area contributed by atoms with Gasteiger partial charge in [0.2, 0.25) is 0 Å². The van der Waals surface area contributed by atoms with Crippen LogP contribution in [0.3, 0.4) is 0 Å². The van der Waals surface area contributed by atoms with Crippen LogP contribution in [0.5, 0.6) is 0 Å². The lowest BCUT2D eigenvalue weighted by molar-refractivity contribution is 0.601. The molecule has 0 amide bonds. The Morgan fingerprint density at radius 1 is 1.09 bits per heavy atom. The summed E-state index contributed by atoms with van der Waals surface area (Å²) >= 11 is 0. The number of nitrogens with zero attached hydrogens (tertiary/aromatic N) is 3. The van der Waals surface area contributed by atoms with Crippen molar-refractivity contribution in [2.45, 2.75) is 11.8 Å². The summed E-state index contributed by atoms with van der Waals surface area (Å²) in [6.07, 6.45) is 5.82. The average molecular weight is 314 g/mol. The summed E-state index contributed by atoms with van der Waals surface area (Å²) < 4.78 is 28.6. The third-order valence-electron chi connectivity index (χ3n) is 3.08. The van der Waals surface area contributed by atoms with E-state index in [2.05, 4.69) is 14.8 Å². The molecular weight excluding hydrogens is 300 g/mol. The zero-order chi connectivity index (χ0) is 15.6. The second kappa shape index (κ2) is 5.61. The van der Waals surface area contributed by atoms with Gasteiger partial charge in [0.15, 0.2) is 0 Å². The standard InChI is InChI=1S/C15H14N4O2S/c1-12-4-6-14(7-5-12)19-11-15(10-17-19)22(20,21)18-13-3-2-8-16-9-13/h2-11,18H,1H3. The van der Waals surface area contributed by atoms with Crippen molar-refractivity contribution in [3.05, 3.63) is 66.7 Å². The smallest absolute Gasteiger partial charge is 0.265 e. The number of pyridine rings is 1. The predicted octanol–water partition coefficient (Wildman–Crippen LogP) is 2.38. The van der Waals surface area contributed by atoms with Crippen molar-refractivity contribution in [2.24, 2.45) is 0 Å². The van der Waals surface area contributed by atoms with Gasteiger partial charge in [0.1, 0.15) is 4.90 Å². The number of hydrogen-bond acceptors (Lipinski definition) is 4. The highest BCUT2D eigenvalue weighted by Crippen LogP contribution is 2.16. The number of rotatable bonds is 4. The maximum atomic E-state index is 12.3. The predicted molar refractivity (Wildman–Crippen MR) is 83.3 cm³/mol. The molecule has 7 heteroatoms. The first-order chi connectivity index (χ1) is 10.5. The second-order valence-electron chi connectivity index (χ2n) is 4.80. The molecule has 3 rings (SSSR count). The van der Waals surface area contributed by atoms with E-state index in [1.54, 1.807) is 18.3 Å². The lowest BCUT2D eigenvalue weighted by Gasteiger charge is -2.05. The number of sulfonamides is 1. The lowest BCUT2D eigenvalue weighted by Crippen LogP contribution is -2.12. The van der Waals surface area contributed by atoms with Crippen molar-refractivity contribution >= 4 is 15.7 Å². The molecule has 0 aliphatic carbocycles. The van der Waals surface area contributed by atoms with E-state index < -0.39 is 10.0 Å². The third kappa shape index (κ3) is 2.99. The van der Waals surface area contributed by atoms with Crippen molar-refractivity contribution < 1.29 is 8.42 Å². The van der Waals surface area contributed by atoms with Gasteiger partial charge in [-0.2, -0.15) is 5.10 Å². The molecule has 0 fully saturated rings. The summed E-state index contributed by atoms with van der Waals surface area (Å²) in [4.78, 5) is 3.97. The highest BCUT2D eigenvalue weighted by atomic mass is 32.2. The van der Waals surface area contributed by atoms with E-state index in [1.807, 2.05) is 31.2 Å². The van der Waals surface area contributed by atoms with E-state index in [9.17, 15) is 8.42 Å². The Labute approximate surface area is 128 Å². The van der Waals surface area contributed by atoms with Crippen LogP contribution < -0.4 is 4.72 Å². The number of benzene rings is 1. The average Bonchev–Trinajstić information content (AvgIpc) is 2.99. The molecule has 2 aromatic heterocycles. The molecule has 2 heterocycles. The van der Waals surface area contributed by atoms with E-state index in [0.29, 0.717) is 5.69 Å². The van der Waals surface area contributed by atoms with E-state index in [4.69, 9.17) is 0 Å². The second-order valence-corrected chi connectivity index (χ2v) is 6.49. The van der Waals surface area contributed by atoms with Crippen molar-refractivity contribution in [3.8, 4) is 5.69 Å². The van der Waals surface area contributed by atoms with Crippen LogP contribution in [0.25, 0.3) is 5.69 Å². The molecule has 0 radical (unpaired) electrons. The van der Waals surface area contributed by atoms with Crippen molar-refractivity contribution in [1.29, 1.82) is 0 Å². The molecule has 22 heavy (non-hydrogen) atoms. The summed E-state index contributed by atoms with van der Waals surface area (Å²) in [5, 5.41) is 4.11. The van der Waals surface area contributed by atoms with Crippen LogP contribution in [0.2, 0.25) is 0 Å². The van der Waals surface area contributed by atoms with Crippen LogP contribution in [0.1, 0.15) is 5.56 Å². The number of aromatic nitrogens is 3. The molecule has 0 saturated carbocycles. The van der Waals surface area contributed by atoms with Crippen LogP contribution in [0.15, 0.2) is 66.1 Å². The van der Waals surface area contributed by atoms with Gasteiger partial charge in [-0.25, -0.2) is 13.1 Å². The molecule has 0 bridgehead atoms. The molecule has 112 valence electrons. The summed E-state index contributed by atoms with van der Waals surface area (Å²) in [5.41, 5.74) is 2.33. The van der Waals surface area contributed by atoms with Crippen LogP contribution in [-0.4, -0.2) is 23.2 Å². The van der Waals surface area contributed by atoms with Gasteiger partial charge in [-0.3, -0.25) is 9.71 Å². The monoisotopic (exact) mass is 314 g/mol. The molecule has 1 N–H and O–H groups in total. The molecular formula is C15H14N4O2S. The summed E-state index contributed by atoms with van der Waals surface area (Å²) in [7, 11) is -3.68. The van der Waals surface area contributed by atoms with Crippen LogP contribution in [0.4, 0.5) is 5.69 Å². The highest BCUT2D eigenvalue weighted by molar-refractivity contribution is 7.92. The molecule has 6 nitrogen and oxygen atoms in total. The van der Waals surface area contributed by atoms with Crippen molar-refractivity contribution in [1.82, 2.24) is 14.8 Å². The van der Waals surface area contributed by atoms with Crippen LogP contribution in [-0.2, 0) is 10.0 Å². The molecule has 3 aromatic rings. The Hall–Kier alpha value is -2.67. The summed E-state index contributed by atoms with van der Waals surface area (Å²) in [6.45, 7) is 1.99. The Kier molecular flexibility index (Phi) is 3.64. The van der Waals surface area contributed by atoms with E-state index in [0.717, 1.165) is 11.3 Å². The van der Waals surface area contributed by atoms with Crippen molar-refractivity contribution in [2.75, 3.05) is 4.72 Å². The van der Waals surface area contributed by atoms with Crippen molar-refractivity contribution in [3.63, 3.8) is 0 Å². The first kappa shape index (κ1) is 14.3. The largest absolute Gasteiger partial charge is 0.278 e. The fourth-order valence-corrected chi connectivity index (χ4v) is 2.89. The minimum Gasteiger partial charge on any atom is -0.278 e. The van der Waals surface area contributed by atoms with Gasteiger partial charge in [-0.15, -0.1) is 0 Å². The fraction of sp³-hybridized carbons (Fsp3) is 0.0667. The number of hydrogen-bond donors (Lipinski definition) is 1. The topological polar surface area (TPSA) is 76.9 Å². The van der Waals surface area contributed by atoms with Crippen LogP contribution >= 0.6 is 0 Å². The first-order valence-corrected chi connectivity index (χ1v) is 8.07. The molecule has 0 spiro atoms. The molecule has 1 aromatic carbocycles. The van der Waals surface area contributed by atoms with Gasteiger partial charge in [-0.05, 0) is 31.2 Å². The Morgan fingerprint density at radius 2 is 1.86 bits per heavy atom. The number of anilines is 1. The van der Waals surface area contributed by atoms with Gasteiger partial charge >= 0.3 is 0 Å². The minimum atomic E-state index is -3.68. The Bertz CT molecular complexity index is 871. The fourth-order valence-electron chi connectivity index (χ4n) is 1.92. The van der Waals surface area contributed by atoms with Gasteiger partial charge in [0.25, 0.3) is 10.0 Å². The van der Waals surface area contributed by atoms with Gasteiger partial charge in [-0.1, -0.05) is 17.7 Å². The third-order valence-corrected chi connectivity index (χ3v) is 4.42. The van der Waals surface area contributed by atoms with Gasteiger partial charge < -0.3 is 0 Å². The van der Waals surface area contributed by atoms with E-state index in [-0.39, 0.29) is 4.90 Å². The molecule has 0 aliphatic heterocycles. The summed E-state index contributed by atoms with van der Waals surface area (Å²) in [5.74, 6) is 0. The highest BCUT2D eigenvalue weighted by Gasteiger charge is 2.17. The molecule has 0 saturated heterocycles. The summed E-state index contributed by atoms with van der Waals surface area (Å²) in [6, 6.07) is 10.9. The normalized spacial score (nSPS) is 11.3. The zero-order valence-corrected chi connectivity index (χ0v) is 12.7. The first-order valence-electron chi connectivity index (χ1n) is 6.59. The zero-order valence-electron chi connectivity index (χ0n) is 11.8. The Balaban J connectivity index is 1.88. The van der Waals surface area contributed by atoms with Crippen LogP contribution in [0, 0.1) is 6.92 Å². The number of aryl methyl sites for hydroxylation is 1. The minimum absolute atomic E-state index is 0.0944. The quantitative estimate of drug-likeness (QED) is 0.802.